The highest BCUT2D eigenvalue weighted by Crippen LogP contribution is 2.21. The molecular weight excluding hydrogens is 210 g/mol. The molecule has 0 aromatic carbocycles. The van der Waals surface area contributed by atoms with Crippen LogP contribution in [0.15, 0.2) is 0 Å². The molecule has 1 heterocycles. The van der Waals surface area contributed by atoms with Crippen LogP contribution in [-0.2, 0) is 16.1 Å². The first-order valence-electron chi connectivity index (χ1n) is 5.67. The molecule has 0 amide bonds. The number of ether oxygens (including phenoxy) is 1. The molecule has 4 heteroatoms. The van der Waals surface area contributed by atoms with E-state index in [-0.39, 0.29) is 4.75 Å². The van der Waals surface area contributed by atoms with Gasteiger partial charge in [0.2, 0.25) is 0 Å². The van der Waals surface area contributed by atoms with Crippen LogP contribution in [0.3, 0.4) is 0 Å². The lowest BCUT2D eigenvalue weighted by Crippen LogP contribution is -2.47. The number of nitrogens with one attached hydrogen (secondary N) is 1. The second kappa shape index (κ2) is 5.53. The summed E-state index contributed by atoms with van der Waals surface area (Å²) in [6.45, 7) is 9.80. The Kier molecular flexibility index (Phi) is 4.90. The zero-order valence-corrected chi connectivity index (χ0v) is 11.0. The van der Waals surface area contributed by atoms with Crippen molar-refractivity contribution in [3.05, 3.63) is 0 Å². The van der Waals surface area contributed by atoms with Gasteiger partial charge in [-0.05, 0) is 46.5 Å². The summed E-state index contributed by atoms with van der Waals surface area (Å²) in [4.78, 5) is 0. The van der Waals surface area contributed by atoms with Crippen molar-refractivity contribution in [1.29, 1.82) is 0 Å². The minimum Gasteiger partial charge on any atom is -0.598 e. The van der Waals surface area contributed by atoms with E-state index in [1.54, 1.807) is 0 Å². The molecule has 0 radical (unpaired) electrons. The minimum absolute atomic E-state index is 0.181. The van der Waals surface area contributed by atoms with Crippen LogP contribution in [0.2, 0.25) is 0 Å². The van der Waals surface area contributed by atoms with E-state index in [4.69, 9.17) is 4.74 Å². The average Bonchev–Trinajstić information content (AvgIpc) is 2.17. The number of rotatable bonds is 3. The van der Waals surface area contributed by atoms with Crippen LogP contribution in [0, 0.1) is 5.92 Å². The topological polar surface area (TPSA) is 44.3 Å². The second-order valence-corrected chi connectivity index (χ2v) is 7.24. The van der Waals surface area contributed by atoms with E-state index in [1.165, 1.54) is 0 Å². The normalized spacial score (nSPS) is 23.8. The third-order valence-corrected chi connectivity index (χ3v) is 4.52. The summed E-state index contributed by atoms with van der Waals surface area (Å²) >= 11 is -0.960. The van der Waals surface area contributed by atoms with Crippen LogP contribution in [0.25, 0.3) is 0 Å². The van der Waals surface area contributed by atoms with Gasteiger partial charge in [-0.2, -0.15) is 0 Å². The maximum atomic E-state index is 11.9. The number of hydrogen-bond acceptors (Lipinski definition) is 3. The molecule has 90 valence electrons. The zero-order chi connectivity index (χ0) is 11.5. The second-order valence-electron chi connectivity index (χ2n) is 5.24. The summed E-state index contributed by atoms with van der Waals surface area (Å²) in [6, 6.07) is 0.314. The smallest absolute Gasteiger partial charge is 0.136 e. The molecule has 1 unspecified atom stereocenters. The lowest BCUT2D eigenvalue weighted by Gasteiger charge is -2.31. The maximum absolute atomic E-state index is 11.9. The van der Waals surface area contributed by atoms with Crippen molar-refractivity contribution in [3.8, 4) is 0 Å². The molecule has 0 aromatic rings. The van der Waals surface area contributed by atoms with E-state index in [0.29, 0.717) is 12.0 Å². The molecule has 0 bridgehead atoms. The Hall–Kier alpha value is 0.230. The summed E-state index contributed by atoms with van der Waals surface area (Å²) in [5, 5.41) is 0. The van der Waals surface area contributed by atoms with Crippen molar-refractivity contribution in [2.24, 2.45) is 5.92 Å². The SMILES string of the molecule is CC(N[S@@+]([O-])C(C)(C)C)C1CCOCC1. The summed E-state index contributed by atoms with van der Waals surface area (Å²) in [6.07, 6.45) is 2.16. The van der Waals surface area contributed by atoms with Gasteiger partial charge >= 0.3 is 0 Å². The molecule has 1 aliphatic heterocycles. The lowest BCUT2D eigenvalue weighted by molar-refractivity contribution is 0.0585. The van der Waals surface area contributed by atoms with Crippen molar-refractivity contribution in [2.75, 3.05) is 13.2 Å². The molecule has 1 rings (SSSR count). The highest BCUT2D eigenvalue weighted by molar-refractivity contribution is 7.90. The van der Waals surface area contributed by atoms with Gasteiger partial charge in [-0.15, -0.1) is 4.72 Å². The molecule has 3 nitrogen and oxygen atoms in total. The van der Waals surface area contributed by atoms with E-state index in [0.717, 1.165) is 26.1 Å². The highest BCUT2D eigenvalue weighted by Gasteiger charge is 2.31. The average molecular weight is 233 g/mol. The Morgan fingerprint density at radius 3 is 2.33 bits per heavy atom. The standard InChI is InChI=1S/C11H23NO2S/c1-9(10-5-7-14-8-6-10)12-15(13)11(2,3)4/h9-10,12H,5-8H2,1-4H3/t9?,15-/m0/s1. The predicted molar refractivity (Wildman–Crippen MR) is 64.0 cm³/mol. The van der Waals surface area contributed by atoms with Crippen LogP contribution in [0.4, 0.5) is 0 Å². The van der Waals surface area contributed by atoms with E-state index < -0.39 is 11.4 Å². The molecule has 1 N–H and O–H groups in total. The minimum atomic E-state index is -0.960. The largest absolute Gasteiger partial charge is 0.598 e. The van der Waals surface area contributed by atoms with E-state index in [1.807, 2.05) is 20.8 Å². The Morgan fingerprint density at radius 2 is 1.87 bits per heavy atom. The van der Waals surface area contributed by atoms with E-state index >= 15 is 0 Å². The fraction of sp³-hybridized carbons (Fsp3) is 1.00. The molecular formula is C11H23NO2S. The fourth-order valence-corrected chi connectivity index (χ4v) is 2.54. The van der Waals surface area contributed by atoms with Crippen molar-refractivity contribution < 1.29 is 9.29 Å². The molecule has 0 aliphatic carbocycles. The lowest BCUT2D eigenvalue weighted by atomic mass is 9.94. The Labute approximate surface area is 96.3 Å². The van der Waals surface area contributed by atoms with Gasteiger partial charge in [-0.3, -0.25) is 0 Å². The van der Waals surface area contributed by atoms with Gasteiger partial charge in [0, 0.05) is 24.6 Å². The molecule has 0 spiro atoms. The summed E-state index contributed by atoms with van der Waals surface area (Å²) in [7, 11) is 0. The zero-order valence-electron chi connectivity index (χ0n) is 10.2. The van der Waals surface area contributed by atoms with Crippen LogP contribution in [0.5, 0.6) is 0 Å². The van der Waals surface area contributed by atoms with Gasteiger partial charge in [0.15, 0.2) is 0 Å². The van der Waals surface area contributed by atoms with E-state index in [2.05, 4.69) is 11.6 Å². The third kappa shape index (κ3) is 4.31. The quantitative estimate of drug-likeness (QED) is 0.757. The Balaban J connectivity index is 2.36. The monoisotopic (exact) mass is 233 g/mol. The van der Waals surface area contributed by atoms with Gasteiger partial charge in [-0.1, -0.05) is 0 Å². The van der Waals surface area contributed by atoms with Crippen molar-refractivity contribution in [3.63, 3.8) is 0 Å². The first-order valence-corrected chi connectivity index (χ1v) is 6.82. The molecule has 2 atom stereocenters. The third-order valence-electron chi connectivity index (χ3n) is 2.82. The first-order chi connectivity index (χ1) is 6.91. The van der Waals surface area contributed by atoms with Crippen LogP contribution in [-0.4, -0.2) is 28.6 Å². The highest BCUT2D eigenvalue weighted by atomic mass is 32.2. The Morgan fingerprint density at radius 1 is 1.33 bits per heavy atom. The van der Waals surface area contributed by atoms with Gasteiger partial charge in [-0.25, -0.2) is 0 Å². The molecule has 1 saturated heterocycles. The van der Waals surface area contributed by atoms with Gasteiger partial charge < -0.3 is 9.29 Å². The summed E-state index contributed by atoms with van der Waals surface area (Å²) in [5.41, 5.74) is 0. The molecule has 1 aliphatic rings. The van der Waals surface area contributed by atoms with Crippen LogP contribution >= 0.6 is 0 Å². The molecule has 1 fully saturated rings. The van der Waals surface area contributed by atoms with Crippen molar-refractivity contribution >= 4 is 11.4 Å². The van der Waals surface area contributed by atoms with Crippen molar-refractivity contribution in [1.82, 2.24) is 4.72 Å². The first kappa shape index (κ1) is 13.3. The van der Waals surface area contributed by atoms with Crippen LogP contribution < -0.4 is 4.72 Å². The van der Waals surface area contributed by atoms with Crippen molar-refractivity contribution in [2.45, 2.75) is 51.3 Å². The maximum Gasteiger partial charge on any atom is 0.136 e. The van der Waals surface area contributed by atoms with E-state index in [9.17, 15) is 4.55 Å². The van der Waals surface area contributed by atoms with Gasteiger partial charge in [0.1, 0.15) is 4.75 Å². The predicted octanol–water partition coefficient (Wildman–Crippen LogP) is 1.85. The fourth-order valence-electron chi connectivity index (χ4n) is 1.66. The number of hydrogen-bond donors (Lipinski definition) is 1. The van der Waals surface area contributed by atoms with Gasteiger partial charge in [0.25, 0.3) is 0 Å². The Bertz CT molecular complexity index is 188. The summed E-state index contributed by atoms with van der Waals surface area (Å²) in [5.74, 6) is 0.602. The molecule has 0 saturated carbocycles. The summed E-state index contributed by atoms with van der Waals surface area (Å²) < 4.78 is 20.2. The van der Waals surface area contributed by atoms with Gasteiger partial charge in [0.05, 0.1) is 6.04 Å². The molecule has 0 aromatic heterocycles. The molecule has 15 heavy (non-hydrogen) atoms. The van der Waals surface area contributed by atoms with Crippen LogP contribution in [0.1, 0.15) is 40.5 Å².